The lowest BCUT2D eigenvalue weighted by Gasteiger charge is -2.02. The molecule has 0 saturated carbocycles. The molecule has 26 heavy (non-hydrogen) atoms. The highest BCUT2D eigenvalue weighted by molar-refractivity contribution is 6.15. The Hall–Kier alpha value is -3.47. The summed E-state index contributed by atoms with van der Waals surface area (Å²) in [6.07, 6.45) is 3.51. The van der Waals surface area contributed by atoms with E-state index in [4.69, 9.17) is 4.74 Å². The zero-order valence-corrected chi connectivity index (χ0v) is 14.3. The third kappa shape index (κ3) is 2.95. The number of para-hydroxylation sites is 1. The van der Waals surface area contributed by atoms with E-state index in [0.29, 0.717) is 12.3 Å². The van der Waals surface area contributed by atoms with Gasteiger partial charge in [0.05, 0.1) is 24.0 Å². The van der Waals surface area contributed by atoms with Crippen molar-refractivity contribution in [3.8, 4) is 0 Å². The largest absolute Gasteiger partial charge is 0.461 e. The van der Waals surface area contributed by atoms with Crippen molar-refractivity contribution >= 4 is 39.7 Å². The van der Waals surface area contributed by atoms with Gasteiger partial charge in [0.2, 0.25) is 0 Å². The summed E-state index contributed by atoms with van der Waals surface area (Å²) in [5.41, 5.74) is 4.00. The monoisotopic (exact) mass is 343 g/mol. The molecule has 4 rings (SSSR count). The molecule has 128 valence electrons. The first kappa shape index (κ1) is 16.0. The van der Waals surface area contributed by atoms with Crippen LogP contribution in [0.2, 0.25) is 0 Å². The Labute approximate surface area is 150 Å². The van der Waals surface area contributed by atoms with Gasteiger partial charge in [0.15, 0.2) is 0 Å². The number of pyridine rings is 1. The van der Waals surface area contributed by atoms with Crippen molar-refractivity contribution in [1.29, 1.82) is 0 Å². The van der Waals surface area contributed by atoms with E-state index in [1.165, 1.54) is 0 Å². The van der Waals surface area contributed by atoms with Crippen molar-refractivity contribution in [2.75, 3.05) is 6.61 Å². The molecule has 0 spiro atoms. The van der Waals surface area contributed by atoms with E-state index >= 15 is 0 Å². The van der Waals surface area contributed by atoms with E-state index < -0.39 is 5.97 Å². The molecule has 2 aromatic carbocycles. The van der Waals surface area contributed by atoms with Crippen LogP contribution in [0, 0.1) is 0 Å². The number of H-pyrrole nitrogens is 1. The minimum atomic E-state index is -0.417. The lowest BCUT2D eigenvalue weighted by molar-refractivity contribution is 0.0520. The third-order valence-corrected chi connectivity index (χ3v) is 4.13. The van der Waals surface area contributed by atoms with Crippen molar-refractivity contribution in [1.82, 2.24) is 9.97 Å². The number of nitrogens with one attached hydrogen (secondary N) is 1. The fourth-order valence-corrected chi connectivity index (χ4v) is 2.96. The number of hydrogen-bond acceptors (Lipinski definition) is 4. The van der Waals surface area contributed by atoms with E-state index in [1.54, 1.807) is 19.2 Å². The molecule has 0 fully saturated rings. The first-order valence-corrected chi connectivity index (χ1v) is 8.43. The highest BCUT2D eigenvalue weighted by Crippen LogP contribution is 2.28. The molecular weight excluding hydrogens is 326 g/mol. The molecule has 1 N–H and O–H groups in total. The molecule has 0 saturated heterocycles. The Morgan fingerprint density at radius 2 is 2.00 bits per heavy atom. The van der Waals surface area contributed by atoms with Gasteiger partial charge in [-0.3, -0.25) is 4.99 Å². The maximum Gasteiger partial charge on any atom is 0.356 e. The maximum absolute atomic E-state index is 12.0. The average Bonchev–Trinajstić information content (AvgIpc) is 3.05. The van der Waals surface area contributed by atoms with Gasteiger partial charge < -0.3 is 9.72 Å². The molecule has 0 radical (unpaired) electrons. The molecule has 0 atom stereocenters. The summed E-state index contributed by atoms with van der Waals surface area (Å²) in [6, 6.07) is 17.5. The lowest BCUT2D eigenvalue weighted by Crippen LogP contribution is -2.06. The second kappa shape index (κ2) is 6.80. The molecule has 5 heteroatoms. The Morgan fingerprint density at radius 3 is 2.81 bits per heavy atom. The fourth-order valence-electron chi connectivity index (χ4n) is 2.96. The molecule has 0 amide bonds. The SMILES string of the molecule is CCOC(=O)c1cc2c(cn1)[nH]c1cccc(C=Nc3ccccc3)c12. The number of esters is 1. The van der Waals surface area contributed by atoms with Crippen LogP contribution in [-0.4, -0.2) is 28.8 Å². The van der Waals surface area contributed by atoms with Crippen LogP contribution >= 0.6 is 0 Å². The van der Waals surface area contributed by atoms with Crippen LogP contribution in [0.15, 0.2) is 65.8 Å². The van der Waals surface area contributed by atoms with E-state index in [9.17, 15) is 4.79 Å². The molecule has 0 aliphatic rings. The Morgan fingerprint density at radius 1 is 1.15 bits per heavy atom. The van der Waals surface area contributed by atoms with Gasteiger partial charge in [0, 0.05) is 28.1 Å². The lowest BCUT2D eigenvalue weighted by atomic mass is 10.1. The van der Waals surface area contributed by atoms with Gasteiger partial charge in [-0.25, -0.2) is 9.78 Å². The highest BCUT2D eigenvalue weighted by Gasteiger charge is 2.13. The molecule has 4 aromatic rings. The summed E-state index contributed by atoms with van der Waals surface area (Å²) in [6.45, 7) is 2.10. The number of fused-ring (bicyclic) bond motifs is 3. The maximum atomic E-state index is 12.0. The van der Waals surface area contributed by atoms with E-state index in [-0.39, 0.29) is 0 Å². The normalized spacial score (nSPS) is 11.4. The van der Waals surface area contributed by atoms with Crippen molar-refractivity contribution in [2.24, 2.45) is 4.99 Å². The molecule has 0 aliphatic carbocycles. The predicted molar refractivity (Wildman–Crippen MR) is 103 cm³/mol. The zero-order chi connectivity index (χ0) is 17.9. The number of hydrogen-bond donors (Lipinski definition) is 1. The Bertz CT molecular complexity index is 1110. The number of aromatic amines is 1. The minimum Gasteiger partial charge on any atom is -0.461 e. The number of carbonyl (C=O) groups excluding carboxylic acids is 1. The first-order chi connectivity index (χ1) is 12.8. The second-order valence-corrected chi connectivity index (χ2v) is 5.82. The average molecular weight is 343 g/mol. The third-order valence-electron chi connectivity index (χ3n) is 4.13. The van der Waals surface area contributed by atoms with E-state index in [1.807, 2.05) is 54.7 Å². The molecule has 5 nitrogen and oxygen atoms in total. The zero-order valence-electron chi connectivity index (χ0n) is 14.3. The summed E-state index contributed by atoms with van der Waals surface area (Å²) in [7, 11) is 0. The first-order valence-electron chi connectivity index (χ1n) is 8.43. The Balaban J connectivity index is 1.85. The van der Waals surface area contributed by atoms with Crippen LogP contribution < -0.4 is 0 Å². The summed E-state index contributed by atoms with van der Waals surface area (Å²) in [4.78, 5) is 24.1. The van der Waals surface area contributed by atoms with Crippen molar-refractivity contribution in [2.45, 2.75) is 6.92 Å². The number of aromatic nitrogens is 2. The van der Waals surface area contributed by atoms with Crippen LogP contribution in [-0.2, 0) is 4.74 Å². The fraction of sp³-hybridized carbons (Fsp3) is 0.0952. The smallest absolute Gasteiger partial charge is 0.356 e. The van der Waals surface area contributed by atoms with Gasteiger partial charge >= 0.3 is 5.97 Å². The number of aliphatic imine (C=N–C) groups is 1. The number of nitrogens with zero attached hydrogens (tertiary/aromatic N) is 2. The number of ether oxygens (including phenoxy) is 1. The topological polar surface area (TPSA) is 67.3 Å². The molecule has 2 heterocycles. The van der Waals surface area contributed by atoms with Crippen molar-refractivity contribution in [3.05, 3.63) is 72.1 Å². The summed E-state index contributed by atoms with van der Waals surface area (Å²) in [5, 5.41) is 1.93. The van der Waals surface area contributed by atoms with Gasteiger partial charge in [-0.1, -0.05) is 30.3 Å². The van der Waals surface area contributed by atoms with Gasteiger partial charge in [0.25, 0.3) is 0 Å². The standard InChI is InChI=1S/C21H17N3O2/c1-2-26-21(25)18-11-16-19(13-23-18)24-17-10-6-7-14(20(16)17)12-22-15-8-4-3-5-9-15/h3-13,24H,2H2,1H3. The van der Waals surface area contributed by atoms with E-state index in [2.05, 4.69) is 15.0 Å². The van der Waals surface area contributed by atoms with Crippen LogP contribution in [0.1, 0.15) is 23.0 Å². The summed E-state index contributed by atoms with van der Waals surface area (Å²) < 4.78 is 5.06. The van der Waals surface area contributed by atoms with Gasteiger partial charge in [-0.2, -0.15) is 0 Å². The van der Waals surface area contributed by atoms with Gasteiger partial charge in [-0.05, 0) is 31.2 Å². The minimum absolute atomic E-state index is 0.301. The summed E-state index contributed by atoms with van der Waals surface area (Å²) in [5.74, 6) is -0.417. The van der Waals surface area contributed by atoms with Crippen LogP contribution in [0.25, 0.3) is 21.8 Å². The quantitative estimate of drug-likeness (QED) is 0.433. The van der Waals surface area contributed by atoms with E-state index in [0.717, 1.165) is 33.1 Å². The van der Waals surface area contributed by atoms with Crippen LogP contribution in [0.5, 0.6) is 0 Å². The molecule has 0 aliphatic heterocycles. The summed E-state index contributed by atoms with van der Waals surface area (Å²) >= 11 is 0. The molecule has 0 bridgehead atoms. The van der Waals surface area contributed by atoms with Crippen LogP contribution in [0.4, 0.5) is 5.69 Å². The van der Waals surface area contributed by atoms with Crippen LogP contribution in [0.3, 0.4) is 0 Å². The Kier molecular flexibility index (Phi) is 4.19. The predicted octanol–water partition coefficient (Wildman–Crippen LogP) is 4.64. The number of carbonyl (C=O) groups is 1. The number of rotatable bonds is 4. The molecule has 2 aromatic heterocycles. The molecular formula is C21H17N3O2. The van der Waals surface area contributed by atoms with Gasteiger partial charge in [0.1, 0.15) is 5.69 Å². The van der Waals surface area contributed by atoms with Crippen molar-refractivity contribution < 1.29 is 9.53 Å². The molecule has 0 unspecified atom stereocenters. The number of benzene rings is 2. The highest BCUT2D eigenvalue weighted by atomic mass is 16.5. The second-order valence-electron chi connectivity index (χ2n) is 5.82. The van der Waals surface area contributed by atoms with Gasteiger partial charge in [-0.15, -0.1) is 0 Å². The van der Waals surface area contributed by atoms with Crippen molar-refractivity contribution in [3.63, 3.8) is 0 Å².